The summed E-state index contributed by atoms with van der Waals surface area (Å²) in [5.41, 5.74) is 1.19. The van der Waals surface area contributed by atoms with Crippen molar-refractivity contribution in [1.82, 2.24) is 4.98 Å². The summed E-state index contributed by atoms with van der Waals surface area (Å²) in [6, 6.07) is 7.07. The number of esters is 1. The van der Waals surface area contributed by atoms with Gasteiger partial charge in [0.2, 0.25) is 5.91 Å². The summed E-state index contributed by atoms with van der Waals surface area (Å²) >= 11 is 6.02. The first kappa shape index (κ1) is 15.3. The lowest BCUT2D eigenvalue weighted by molar-refractivity contribution is -0.144. The van der Waals surface area contributed by atoms with E-state index in [1.807, 2.05) is 6.07 Å². The van der Waals surface area contributed by atoms with Gasteiger partial charge in [0.25, 0.3) is 0 Å². The zero-order valence-corrected chi connectivity index (χ0v) is 12.3. The van der Waals surface area contributed by atoms with Crippen molar-refractivity contribution in [2.45, 2.75) is 19.8 Å². The number of fused-ring (bicyclic) bond motifs is 1. The number of carbonyl (C=O) groups excluding carboxylic acids is 2. The third kappa shape index (κ3) is 4.16. The van der Waals surface area contributed by atoms with E-state index in [9.17, 15) is 9.59 Å². The summed E-state index contributed by atoms with van der Waals surface area (Å²) in [7, 11) is 0. The van der Waals surface area contributed by atoms with Crippen molar-refractivity contribution >= 4 is 40.1 Å². The smallest absolute Gasteiger partial charge is 0.306 e. The second-order valence-electron chi connectivity index (χ2n) is 4.38. The molecule has 0 aliphatic rings. The van der Waals surface area contributed by atoms with E-state index in [4.69, 9.17) is 16.3 Å². The predicted molar refractivity (Wildman–Crippen MR) is 81.2 cm³/mol. The van der Waals surface area contributed by atoms with Gasteiger partial charge >= 0.3 is 5.97 Å². The molecule has 0 fully saturated rings. The third-order valence-corrected chi connectivity index (χ3v) is 3.02. The summed E-state index contributed by atoms with van der Waals surface area (Å²) in [6.45, 7) is 2.03. The number of hydrogen-bond acceptors (Lipinski definition) is 4. The van der Waals surface area contributed by atoms with Gasteiger partial charge < -0.3 is 10.1 Å². The van der Waals surface area contributed by atoms with Gasteiger partial charge in [-0.3, -0.25) is 14.6 Å². The van der Waals surface area contributed by atoms with Crippen molar-refractivity contribution in [2.24, 2.45) is 0 Å². The number of benzene rings is 1. The monoisotopic (exact) mass is 306 g/mol. The van der Waals surface area contributed by atoms with Gasteiger partial charge in [0.1, 0.15) is 0 Å². The number of ether oxygens (including phenoxy) is 1. The summed E-state index contributed by atoms with van der Waals surface area (Å²) < 4.78 is 4.78. The van der Waals surface area contributed by atoms with Crippen molar-refractivity contribution in [3.05, 3.63) is 35.5 Å². The molecule has 0 aliphatic carbocycles. The van der Waals surface area contributed by atoms with Gasteiger partial charge in [-0.1, -0.05) is 17.7 Å². The topological polar surface area (TPSA) is 68.3 Å². The average Bonchev–Trinajstić information content (AvgIpc) is 2.45. The zero-order chi connectivity index (χ0) is 15.2. The summed E-state index contributed by atoms with van der Waals surface area (Å²) in [6.07, 6.45) is 1.75. The van der Waals surface area contributed by atoms with Crippen LogP contribution in [0.15, 0.2) is 30.5 Å². The van der Waals surface area contributed by atoms with Crippen LogP contribution in [0.1, 0.15) is 19.8 Å². The number of rotatable bonds is 5. The molecule has 5 nitrogen and oxygen atoms in total. The van der Waals surface area contributed by atoms with Crippen LogP contribution in [0.2, 0.25) is 5.02 Å². The normalized spacial score (nSPS) is 10.4. The first-order valence-corrected chi connectivity index (χ1v) is 6.97. The fourth-order valence-electron chi connectivity index (χ4n) is 1.91. The van der Waals surface area contributed by atoms with Gasteiger partial charge in [-0.2, -0.15) is 0 Å². The van der Waals surface area contributed by atoms with Gasteiger partial charge in [0.05, 0.1) is 24.2 Å². The molecule has 1 N–H and O–H groups in total. The fraction of sp³-hybridized carbons (Fsp3) is 0.267. The highest BCUT2D eigenvalue weighted by Gasteiger charge is 2.11. The number of nitrogens with one attached hydrogen (secondary N) is 1. The molecule has 110 valence electrons. The quantitative estimate of drug-likeness (QED) is 0.862. The van der Waals surface area contributed by atoms with Crippen LogP contribution in [0.25, 0.3) is 10.9 Å². The van der Waals surface area contributed by atoms with E-state index in [0.29, 0.717) is 22.8 Å². The van der Waals surface area contributed by atoms with E-state index in [1.54, 1.807) is 31.3 Å². The Bertz CT molecular complexity index is 673. The number of anilines is 1. The fourth-order valence-corrected chi connectivity index (χ4v) is 2.14. The minimum Gasteiger partial charge on any atom is -0.466 e. The molecule has 0 atom stereocenters. The molecular formula is C15H15ClN2O3. The van der Waals surface area contributed by atoms with E-state index in [1.165, 1.54) is 0 Å². The average molecular weight is 307 g/mol. The summed E-state index contributed by atoms with van der Waals surface area (Å²) in [5.74, 6) is -0.668. The highest BCUT2D eigenvalue weighted by Crippen LogP contribution is 2.26. The number of carbonyl (C=O) groups is 2. The van der Waals surface area contributed by atoms with Crippen molar-refractivity contribution in [3.8, 4) is 0 Å². The summed E-state index contributed by atoms with van der Waals surface area (Å²) in [4.78, 5) is 27.4. The van der Waals surface area contributed by atoms with E-state index < -0.39 is 0 Å². The lowest BCUT2D eigenvalue weighted by Crippen LogP contribution is -2.15. The minimum absolute atomic E-state index is 0.0472. The number of nitrogens with zero attached hydrogens (tertiary/aromatic N) is 1. The van der Waals surface area contributed by atoms with Crippen molar-refractivity contribution < 1.29 is 14.3 Å². The van der Waals surface area contributed by atoms with Crippen LogP contribution in [0, 0.1) is 0 Å². The van der Waals surface area contributed by atoms with Crippen LogP contribution < -0.4 is 5.32 Å². The van der Waals surface area contributed by atoms with E-state index in [2.05, 4.69) is 10.3 Å². The molecule has 2 aromatic rings. The van der Waals surface area contributed by atoms with Crippen LogP contribution in [0.5, 0.6) is 0 Å². The zero-order valence-electron chi connectivity index (χ0n) is 11.6. The standard InChI is InChI=1S/C15H15ClN2O3/c1-2-21-14(20)6-5-13(19)18-12-9-11(16)8-10-4-3-7-17-15(10)12/h3-4,7-9H,2,5-6H2,1H3,(H,18,19). The van der Waals surface area contributed by atoms with Crippen molar-refractivity contribution in [1.29, 1.82) is 0 Å². The Morgan fingerprint density at radius 1 is 1.33 bits per heavy atom. The van der Waals surface area contributed by atoms with Crippen LogP contribution in [0.4, 0.5) is 5.69 Å². The minimum atomic E-state index is -0.387. The predicted octanol–water partition coefficient (Wildman–Crippen LogP) is 3.17. The van der Waals surface area contributed by atoms with E-state index in [-0.39, 0.29) is 24.7 Å². The highest BCUT2D eigenvalue weighted by molar-refractivity contribution is 6.32. The Hall–Kier alpha value is -2.14. The van der Waals surface area contributed by atoms with Crippen LogP contribution >= 0.6 is 11.6 Å². The second kappa shape index (κ2) is 7.04. The molecule has 0 saturated heterocycles. The molecule has 6 heteroatoms. The number of hydrogen-bond donors (Lipinski definition) is 1. The van der Waals surface area contributed by atoms with E-state index >= 15 is 0 Å². The third-order valence-electron chi connectivity index (χ3n) is 2.81. The first-order chi connectivity index (χ1) is 10.1. The summed E-state index contributed by atoms with van der Waals surface area (Å²) in [5, 5.41) is 4.08. The first-order valence-electron chi connectivity index (χ1n) is 6.60. The van der Waals surface area contributed by atoms with Crippen LogP contribution in [-0.4, -0.2) is 23.5 Å². The molecule has 0 radical (unpaired) electrons. The molecule has 0 bridgehead atoms. The molecule has 1 aromatic carbocycles. The maximum absolute atomic E-state index is 11.9. The maximum Gasteiger partial charge on any atom is 0.306 e. The van der Waals surface area contributed by atoms with Crippen molar-refractivity contribution in [2.75, 3.05) is 11.9 Å². The maximum atomic E-state index is 11.9. The molecule has 0 unspecified atom stereocenters. The Morgan fingerprint density at radius 3 is 2.90 bits per heavy atom. The molecule has 0 saturated carbocycles. The lowest BCUT2D eigenvalue weighted by atomic mass is 10.2. The molecule has 1 heterocycles. The Kier molecular flexibility index (Phi) is 5.11. The van der Waals surface area contributed by atoms with Crippen LogP contribution in [0.3, 0.4) is 0 Å². The number of amides is 1. The lowest BCUT2D eigenvalue weighted by Gasteiger charge is -2.08. The van der Waals surface area contributed by atoms with Gasteiger partial charge in [-0.15, -0.1) is 0 Å². The Labute approximate surface area is 127 Å². The van der Waals surface area contributed by atoms with Crippen LogP contribution in [-0.2, 0) is 14.3 Å². The van der Waals surface area contributed by atoms with E-state index in [0.717, 1.165) is 5.39 Å². The molecule has 21 heavy (non-hydrogen) atoms. The SMILES string of the molecule is CCOC(=O)CCC(=O)Nc1cc(Cl)cc2cccnc12. The Balaban J connectivity index is 2.09. The molecule has 1 aromatic heterocycles. The molecular weight excluding hydrogens is 292 g/mol. The second-order valence-corrected chi connectivity index (χ2v) is 4.82. The number of aromatic nitrogens is 1. The molecule has 1 amide bonds. The van der Waals surface area contributed by atoms with Gasteiger partial charge in [0.15, 0.2) is 0 Å². The van der Waals surface area contributed by atoms with Crippen molar-refractivity contribution in [3.63, 3.8) is 0 Å². The number of pyridine rings is 1. The number of halogens is 1. The molecule has 0 aliphatic heterocycles. The largest absolute Gasteiger partial charge is 0.466 e. The Morgan fingerprint density at radius 2 is 2.14 bits per heavy atom. The molecule has 0 spiro atoms. The van der Waals surface area contributed by atoms with Gasteiger partial charge in [-0.25, -0.2) is 0 Å². The van der Waals surface area contributed by atoms with Gasteiger partial charge in [-0.05, 0) is 25.1 Å². The van der Waals surface area contributed by atoms with Gasteiger partial charge in [0, 0.05) is 23.0 Å². The molecule has 2 rings (SSSR count). The highest BCUT2D eigenvalue weighted by atomic mass is 35.5.